The molecule has 0 aliphatic heterocycles. The molecule has 0 saturated heterocycles. The number of hydrogen-bond acceptors (Lipinski definition) is 3. The monoisotopic (exact) mass is 307 g/mol. The Bertz CT molecular complexity index is 797. The van der Waals surface area contributed by atoms with E-state index in [1.165, 1.54) is 0 Å². The number of hydrogen-bond donors (Lipinski definition) is 1. The zero-order chi connectivity index (χ0) is 15.5. The molecule has 1 heterocycles. The van der Waals surface area contributed by atoms with Gasteiger partial charge in [0, 0.05) is 16.8 Å². The van der Waals surface area contributed by atoms with E-state index in [2.05, 4.69) is 6.07 Å². The molecular formula is C19H17NOS. The second-order valence-electron chi connectivity index (χ2n) is 5.39. The Morgan fingerprint density at radius 2 is 1.82 bits per heavy atom. The number of thiophene rings is 1. The number of carbonyl (C=O) groups excluding carboxylic acids is 1. The van der Waals surface area contributed by atoms with Gasteiger partial charge < -0.3 is 5.41 Å². The van der Waals surface area contributed by atoms with Gasteiger partial charge in [0.05, 0.1) is 4.88 Å². The van der Waals surface area contributed by atoms with Gasteiger partial charge in [-0.25, -0.2) is 0 Å². The molecule has 0 amide bonds. The normalized spacial score (nSPS) is 10.8. The molecule has 0 bridgehead atoms. The smallest absolute Gasteiger partial charge is 0.173 e. The van der Waals surface area contributed by atoms with Crippen molar-refractivity contribution in [3.05, 3.63) is 70.6 Å². The van der Waals surface area contributed by atoms with Crippen LogP contribution in [-0.4, -0.2) is 11.5 Å². The summed E-state index contributed by atoms with van der Waals surface area (Å²) in [6, 6.07) is 18.0. The van der Waals surface area contributed by atoms with Crippen molar-refractivity contribution in [2.24, 2.45) is 0 Å². The minimum absolute atomic E-state index is 0.202. The summed E-state index contributed by atoms with van der Waals surface area (Å²) in [7, 11) is 0. The molecule has 3 rings (SSSR count). The van der Waals surface area contributed by atoms with Crippen LogP contribution in [0.25, 0.3) is 10.1 Å². The Balaban J connectivity index is 1.67. The Hall–Kier alpha value is -2.26. The second kappa shape index (κ2) is 6.24. The Morgan fingerprint density at radius 1 is 1.09 bits per heavy atom. The van der Waals surface area contributed by atoms with Crippen molar-refractivity contribution >= 4 is 32.9 Å². The van der Waals surface area contributed by atoms with Gasteiger partial charge in [-0.15, -0.1) is 11.3 Å². The first-order chi connectivity index (χ1) is 10.6. The standard InChI is InChI=1S/C19H17NOS/c1-13(20)15-9-6-14(7-10-15)8-11-17(21)19-12-16-4-2-3-5-18(16)22-19/h2-7,9-10,12,20H,8,11H2,1H3. The quantitative estimate of drug-likeness (QED) is 0.517. The highest BCUT2D eigenvalue weighted by atomic mass is 32.1. The highest BCUT2D eigenvalue weighted by molar-refractivity contribution is 7.20. The Morgan fingerprint density at radius 3 is 2.50 bits per heavy atom. The lowest BCUT2D eigenvalue weighted by atomic mass is 10.0. The fraction of sp³-hybridized carbons (Fsp3) is 0.158. The Labute approximate surface area is 133 Å². The van der Waals surface area contributed by atoms with Crippen LogP contribution < -0.4 is 0 Å². The lowest BCUT2D eigenvalue weighted by Gasteiger charge is -2.02. The van der Waals surface area contributed by atoms with Gasteiger partial charge in [-0.2, -0.15) is 0 Å². The van der Waals surface area contributed by atoms with E-state index in [9.17, 15) is 4.79 Å². The number of fused-ring (bicyclic) bond motifs is 1. The van der Waals surface area contributed by atoms with Crippen LogP contribution in [0.5, 0.6) is 0 Å². The molecule has 0 saturated carbocycles. The third-order valence-corrected chi connectivity index (χ3v) is 4.89. The maximum Gasteiger partial charge on any atom is 0.173 e. The van der Waals surface area contributed by atoms with Crippen molar-refractivity contribution < 1.29 is 4.79 Å². The van der Waals surface area contributed by atoms with Gasteiger partial charge in [-0.05, 0) is 42.0 Å². The number of aryl methyl sites for hydroxylation is 1. The average molecular weight is 307 g/mol. The molecule has 2 nitrogen and oxygen atoms in total. The van der Waals surface area contributed by atoms with Gasteiger partial charge in [0.2, 0.25) is 0 Å². The van der Waals surface area contributed by atoms with E-state index in [4.69, 9.17) is 5.41 Å². The summed E-state index contributed by atoms with van der Waals surface area (Å²) in [6.07, 6.45) is 1.26. The minimum Gasteiger partial charge on any atom is -0.305 e. The number of Topliss-reactive ketones (excluding diaryl/α,β-unsaturated/α-hetero) is 1. The van der Waals surface area contributed by atoms with Crippen LogP contribution in [0.4, 0.5) is 0 Å². The van der Waals surface area contributed by atoms with Gasteiger partial charge >= 0.3 is 0 Å². The maximum atomic E-state index is 12.3. The first-order valence-corrected chi connectivity index (χ1v) is 8.11. The van der Waals surface area contributed by atoms with Gasteiger partial charge in [0.25, 0.3) is 0 Å². The summed E-state index contributed by atoms with van der Waals surface area (Å²) in [5.74, 6) is 0.202. The van der Waals surface area contributed by atoms with Crippen LogP contribution >= 0.6 is 11.3 Å². The van der Waals surface area contributed by atoms with E-state index in [-0.39, 0.29) is 5.78 Å². The summed E-state index contributed by atoms with van der Waals surface area (Å²) in [4.78, 5) is 13.2. The molecule has 22 heavy (non-hydrogen) atoms. The van der Waals surface area contributed by atoms with Crippen LogP contribution in [0, 0.1) is 5.41 Å². The van der Waals surface area contributed by atoms with Crippen LogP contribution in [0.15, 0.2) is 54.6 Å². The molecule has 0 aliphatic carbocycles. The second-order valence-corrected chi connectivity index (χ2v) is 6.48. The first-order valence-electron chi connectivity index (χ1n) is 7.30. The molecule has 0 fully saturated rings. The first kappa shape index (κ1) is 14.7. The van der Waals surface area contributed by atoms with E-state index >= 15 is 0 Å². The fourth-order valence-corrected chi connectivity index (χ4v) is 3.45. The maximum absolute atomic E-state index is 12.3. The third-order valence-electron chi connectivity index (χ3n) is 3.73. The minimum atomic E-state index is 0.202. The predicted molar refractivity (Wildman–Crippen MR) is 93.4 cm³/mol. The summed E-state index contributed by atoms with van der Waals surface area (Å²) >= 11 is 1.57. The molecule has 3 heteroatoms. The molecular weight excluding hydrogens is 290 g/mol. The molecule has 2 aromatic carbocycles. The van der Waals surface area contributed by atoms with Crippen LogP contribution in [0.3, 0.4) is 0 Å². The fourth-order valence-electron chi connectivity index (χ4n) is 2.42. The molecule has 110 valence electrons. The highest BCUT2D eigenvalue weighted by Gasteiger charge is 2.10. The zero-order valence-corrected chi connectivity index (χ0v) is 13.2. The van der Waals surface area contributed by atoms with Crippen molar-refractivity contribution in [1.82, 2.24) is 0 Å². The summed E-state index contributed by atoms with van der Waals surface area (Å²) < 4.78 is 1.16. The lowest BCUT2D eigenvalue weighted by Crippen LogP contribution is -1.99. The van der Waals surface area contributed by atoms with E-state index < -0.39 is 0 Å². The van der Waals surface area contributed by atoms with Gasteiger partial charge in [0.15, 0.2) is 5.78 Å². The molecule has 0 spiro atoms. The van der Waals surface area contributed by atoms with Crippen molar-refractivity contribution in [2.75, 3.05) is 0 Å². The van der Waals surface area contributed by atoms with E-state index in [1.807, 2.05) is 48.5 Å². The topological polar surface area (TPSA) is 40.9 Å². The largest absolute Gasteiger partial charge is 0.305 e. The molecule has 3 aromatic rings. The number of ketones is 1. The molecule has 0 radical (unpaired) electrons. The van der Waals surface area contributed by atoms with Crippen molar-refractivity contribution in [3.63, 3.8) is 0 Å². The zero-order valence-electron chi connectivity index (χ0n) is 12.4. The summed E-state index contributed by atoms with van der Waals surface area (Å²) in [6.45, 7) is 1.78. The SMILES string of the molecule is CC(=N)c1ccc(CCC(=O)c2cc3ccccc3s2)cc1. The number of carbonyl (C=O) groups is 1. The molecule has 1 N–H and O–H groups in total. The van der Waals surface area contributed by atoms with E-state index in [1.54, 1.807) is 18.3 Å². The summed E-state index contributed by atoms with van der Waals surface area (Å²) in [5.41, 5.74) is 2.63. The van der Waals surface area contributed by atoms with Gasteiger partial charge in [-0.3, -0.25) is 4.79 Å². The number of rotatable bonds is 5. The average Bonchev–Trinajstić information content (AvgIpc) is 2.97. The Kier molecular flexibility index (Phi) is 4.16. The molecule has 1 aromatic heterocycles. The highest BCUT2D eigenvalue weighted by Crippen LogP contribution is 2.26. The number of nitrogens with one attached hydrogen (secondary N) is 1. The van der Waals surface area contributed by atoms with Gasteiger partial charge in [0.1, 0.15) is 0 Å². The van der Waals surface area contributed by atoms with Gasteiger partial charge in [-0.1, -0.05) is 42.5 Å². The van der Waals surface area contributed by atoms with Crippen molar-refractivity contribution in [2.45, 2.75) is 19.8 Å². The molecule has 0 atom stereocenters. The van der Waals surface area contributed by atoms with Crippen molar-refractivity contribution in [1.29, 1.82) is 5.41 Å². The van der Waals surface area contributed by atoms with E-state index in [0.717, 1.165) is 32.5 Å². The predicted octanol–water partition coefficient (Wildman–Crippen LogP) is 5.10. The third kappa shape index (κ3) is 3.15. The van der Waals surface area contributed by atoms with E-state index in [0.29, 0.717) is 12.1 Å². The van der Waals surface area contributed by atoms with Crippen LogP contribution in [0.2, 0.25) is 0 Å². The van der Waals surface area contributed by atoms with Crippen LogP contribution in [-0.2, 0) is 6.42 Å². The molecule has 0 aliphatic rings. The van der Waals surface area contributed by atoms with Crippen molar-refractivity contribution in [3.8, 4) is 0 Å². The summed E-state index contributed by atoms with van der Waals surface area (Å²) in [5, 5.41) is 8.73. The lowest BCUT2D eigenvalue weighted by molar-refractivity contribution is 0.0987. The van der Waals surface area contributed by atoms with Crippen LogP contribution in [0.1, 0.15) is 34.1 Å². The molecule has 0 unspecified atom stereocenters. The number of benzene rings is 2.